The Labute approximate surface area is 158 Å². The molecule has 2 aromatic heterocycles. The molecule has 0 aliphatic heterocycles. The van der Waals surface area contributed by atoms with Crippen LogP contribution in [0.2, 0.25) is 0 Å². The van der Waals surface area contributed by atoms with Crippen LogP contribution in [-0.2, 0) is 19.7 Å². The third-order valence-corrected chi connectivity index (χ3v) is 4.06. The largest absolute Gasteiger partial charge is 0.497 e. The highest BCUT2D eigenvalue weighted by molar-refractivity contribution is 5.91. The van der Waals surface area contributed by atoms with Gasteiger partial charge in [0, 0.05) is 25.9 Å². The van der Waals surface area contributed by atoms with E-state index in [4.69, 9.17) is 13.9 Å². The molecule has 7 heteroatoms. The van der Waals surface area contributed by atoms with Crippen LogP contribution in [0.5, 0.6) is 11.5 Å². The molecule has 0 saturated carbocycles. The van der Waals surface area contributed by atoms with Crippen LogP contribution in [0.25, 0.3) is 0 Å². The topological polar surface area (TPSA) is 69.7 Å². The second kappa shape index (κ2) is 8.44. The number of hydrogen-bond donors (Lipinski definition) is 0. The second-order valence-electron chi connectivity index (χ2n) is 6.06. The average molecular weight is 369 g/mol. The molecular weight excluding hydrogens is 346 g/mol. The van der Waals surface area contributed by atoms with Crippen molar-refractivity contribution in [3.8, 4) is 11.5 Å². The van der Waals surface area contributed by atoms with Crippen molar-refractivity contribution in [1.82, 2.24) is 14.7 Å². The van der Waals surface area contributed by atoms with E-state index in [1.165, 1.54) is 0 Å². The lowest BCUT2D eigenvalue weighted by Gasteiger charge is -2.14. The Bertz CT molecular complexity index is 900. The third kappa shape index (κ3) is 4.69. The zero-order chi connectivity index (χ0) is 19.2. The molecule has 2 heterocycles. The van der Waals surface area contributed by atoms with Gasteiger partial charge < -0.3 is 18.8 Å². The summed E-state index contributed by atoms with van der Waals surface area (Å²) in [6.07, 6.45) is 1.90. The smallest absolute Gasteiger partial charge is 0.289 e. The van der Waals surface area contributed by atoms with Gasteiger partial charge >= 0.3 is 0 Å². The molecule has 0 aliphatic carbocycles. The van der Waals surface area contributed by atoms with E-state index < -0.39 is 0 Å². The Morgan fingerprint density at radius 2 is 2.04 bits per heavy atom. The summed E-state index contributed by atoms with van der Waals surface area (Å²) in [5.41, 5.74) is 0.834. The minimum atomic E-state index is -0.200. The van der Waals surface area contributed by atoms with Gasteiger partial charge in [-0.05, 0) is 37.3 Å². The highest BCUT2D eigenvalue weighted by Gasteiger charge is 2.17. The summed E-state index contributed by atoms with van der Waals surface area (Å²) in [5, 5.41) is 4.39. The first kappa shape index (κ1) is 18.6. The summed E-state index contributed by atoms with van der Waals surface area (Å²) in [7, 11) is 3.33. The number of amides is 1. The summed E-state index contributed by atoms with van der Waals surface area (Å²) in [6.45, 7) is 3.46. The monoisotopic (exact) mass is 369 g/mol. The zero-order valence-electron chi connectivity index (χ0n) is 15.7. The van der Waals surface area contributed by atoms with E-state index in [0.717, 1.165) is 18.0 Å². The van der Waals surface area contributed by atoms with Gasteiger partial charge in [-0.2, -0.15) is 5.10 Å². The molecule has 7 nitrogen and oxygen atoms in total. The van der Waals surface area contributed by atoms with Gasteiger partial charge in [-0.3, -0.25) is 9.48 Å². The molecule has 0 bridgehead atoms. The number of benzene rings is 1. The second-order valence-corrected chi connectivity index (χ2v) is 6.06. The van der Waals surface area contributed by atoms with E-state index in [1.807, 2.05) is 42.1 Å². The Morgan fingerprint density at radius 3 is 2.78 bits per heavy atom. The number of methoxy groups -OCH3 is 1. The molecule has 1 amide bonds. The molecule has 0 spiro atoms. The van der Waals surface area contributed by atoms with Crippen LogP contribution in [0.3, 0.4) is 0 Å². The van der Waals surface area contributed by atoms with Crippen LogP contribution in [0, 0.1) is 0 Å². The van der Waals surface area contributed by atoms with E-state index in [-0.39, 0.29) is 18.3 Å². The number of aromatic nitrogens is 2. The lowest BCUT2D eigenvalue weighted by atomic mass is 10.3. The fourth-order valence-electron chi connectivity index (χ4n) is 2.58. The van der Waals surface area contributed by atoms with E-state index in [2.05, 4.69) is 5.10 Å². The van der Waals surface area contributed by atoms with E-state index in [0.29, 0.717) is 18.1 Å². The van der Waals surface area contributed by atoms with Crippen molar-refractivity contribution >= 4 is 5.91 Å². The molecule has 1 aromatic carbocycles. The van der Waals surface area contributed by atoms with Crippen molar-refractivity contribution in [1.29, 1.82) is 0 Å². The Kier molecular flexibility index (Phi) is 5.80. The SMILES string of the molecule is CCn1ccc(CN(C)C(=O)c2ccc(COc3cccc(OC)c3)o2)n1. The zero-order valence-corrected chi connectivity index (χ0v) is 15.7. The number of nitrogens with zero attached hydrogens (tertiary/aromatic N) is 3. The van der Waals surface area contributed by atoms with Crippen LogP contribution in [0.15, 0.2) is 53.1 Å². The molecule has 0 unspecified atom stereocenters. The predicted molar refractivity (Wildman–Crippen MR) is 99.7 cm³/mol. The minimum Gasteiger partial charge on any atom is -0.497 e. The molecule has 0 fully saturated rings. The van der Waals surface area contributed by atoms with Gasteiger partial charge in [-0.25, -0.2) is 0 Å². The molecular formula is C20H23N3O4. The number of furan rings is 1. The van der Waals surface area contributed by atoms with E-state index in [1.54, 1.807) is 37.3 Å². The Hall–Kier alpha value is -3.22. The van der Waals surface area contributed by atoms with Gasteiger partial charge in [0.2, 0.25) is 0 Å². The molecule has 3 aromatic rings. The Morgan fingerprint density at radius 1 is 1.22 bits per heavy atom. The molecule has 0 radical (unpaired) electrons. The van der Waals surface area contributed by atoms with Crippen molar-refractivity contribution < 1.29 is 18.7 Å². The van der Waals surface area contributed by atoms with Gasteiger partial charge in [0.1, 0.15) is 23.9 Å². The molecule has 0 atom stereocenters. The lowest BCUT2D eigenvalue weighted by molar-refractivity contribution is 0.0747. The average Bonchev–Trinajstić information content (AvgIpc) is 3.35. The fraction of sp³-hybridized carbons (Fsp3) is 0.300. The first-order chi connectivity index (χ1) is 13.1. The molecule has 0 aliphatic rings. The molecule has 0 N–H and O–H groups in total. The highest BCUT2D eigenvalue weighted by Crippen LogP contribution is 2.20. The van der Waals surface area contributed by atoms with Crippen molar-refractivity contribution in [2.75, 3.05) is 14.2 Å². The molecule has 142 valence electrons. The highest BCUT2D eigenvalue weighted by atomic mass is 16.5. The van der Waals surface area contributed by atoms with Crippen molar-refractivity contribution in [2.45, 2.75) is 26.6 Å². The van der Waals surface area contributed by atoms with Crippen LogP contribution in [0.1, 0.15) is 28.9 Å². The number of ether oxygens (including phenoxy) is 2. The standard InChI is InChI=1S/C20H23N3O4/c1-4-23-11-10-15(21-23)13-22(2)20(24)19-9-8-18(27-19)14-26-17-7-5-6-16(12-17)25-3/h5-12H,4,13-14H2,1-3H3. The maximum atomic E-state index is 12.5. The van der Waals surface area contributed by atoms with Crippen LogP contribution < -0.4 is 9.47 Å². The number of rotatable bonds is 8. The van der Waals surface area contributed by atoms with E-state index in [9.17, 15) is 4.79 Å². The van der Waals surface area contributed by atoms with Crippen molar-refractivity contribution in [3.05, 3.63) is 65.9 Å². The Balaban J connectivity index is 1.57. The van der Waals surface area contributed by atoms with Gasteiger partial charge in [0.25, 0.3) is 5.91 Å². The maximum absolute atomic E-state index is 12.5. The summed E-state index contributed by atoms with van der Waals surface area (Å²) in [4.78, 5) is 14.1. The van der Waals surface area contributed by atoms with Crippen LogP contribution in [-0.4, -0.2) is 34.7 Å². The predicted octanol–water partition coefficient (Wildman–Crippen LogP) is 3.36. The summed E-state index contributed by atoms with van der Waals surface area (Å²) >= 11 is 0. The minimum absolute atomic E-state index is 0.200. The van der Waals surface area contributed by atoms with Gasteiger partial charge in [-0.15, -0.1) is 0 Å². The summed E-state index contributed by atoms with van der Waals surface area (Å²) < 4.78 is 18.3. The van der Waals surface area contributed by atoms with Crippen LogP contribution >= 0.6 is 0 Å². The fourth-order valence-corrected chi connectivity index (χ4v) is 2.58. The van der Waals surface area contributed by atoms with Gasteiger partial charge in [0.15, 0.2) is 5.76 Å². The van der Waals surface area contributed by atoms with Gasteiger partial charge in [0.05, 0.1) is 19.3 Å². The number of aryl methyl sites for hydroxylation is 1. The van der Waals surface area contributed by atoms with Crippen LogP contribution in [0.4, 0.5) is 0 Å². The third-order valence-electron chi connectivity index (χ3n) is 4.06. The molecule has 27 heavy (non-hydrogen) atoms. The normalized spacial score (nSPS) is 10.6. The first-order valence-corrected chi connectivity index (χ1v) is 8.72. The number of carbonyl (C=O) groups excluding carboxylic acids is 1. The van der Waals surface area contributed by atoms with Gasteiger partial charge in [-0.1, -0.05) is 6.07 Å². The van der Waals surface area contributed by atoms with Crippen molar-refractivity contribution in [3.63, 3.8) is 0 Å². The molecule has 0 saturated heterocycles. The number of carbonyl (C=O) groups is 1. The molecule has 3 rings (SSSR count). The van der Waals surface area contributed by atoms with Crippen molar-refractivity contribution in [2.24, 2.45) is 0 Å². The summed E-state index contributed by atoms with van der Waals surface area (Å²) in [6, 6.07) is 12.6. The maximum Gasteiger partial charge on any atom is 0.289 e. The summed E-state index contributed by atoms with van der Waals surface area (Å²) in [5.74, 6) is 2.03. The first-order valence-electron chi connectivity index (χ1n) is 8.72. The lowest BCUT2D eigenvalue weighted by Crippen LogP contribution is -2.26. The number of hydrogen-bond acceptors (Lipinski definition) is 5. The quantitative estimate of drug-likeness (QED) is 0.609. The van der Waals surface area contributed by atoms with E-state index >= 15 is 0 Å².